The van der Waals surface area contributed by atoms with Gasteiger partial charge in [-0.05, 0) is 43.3 Å². The summed E-state index contributed by atoms with van der Waals surface area (Å²) < 4.78 is 10.7. The lowest BCUT2D eigenvalue weighted by Crippen LogP contribution is -2.30. The zero-order valence-corrected chi connectivity index (χ0v) is 13.4. The molecular weight excluding hydrogens is 332 g/mol. The number of aromatic nitrogens is 3. The summed E-state index contributed by atoms with van der Waals surface area (Å²) in [4.78, 5) is 16.1. The molecule has 1 atom stereocenters. The van der Waals surface area contributed by atoms with Crippen molar-refractivity contribution in [3.8, 4) is 17.2 Å². The number of hydrogen-bond donors (Lipinski definition) is 1. The molecule has 0 bridgehead atoms. The van der Waals surface area contributed by atoms with Gasteiger partial charge in [-0.15, -0.1) is 10.2 Å². The molecule has 7 nitrogen and oxygen atoms in total. The third-order valence-electron chi connectivity index (χ3n) is 3.16. The third-order valence-corrected chi connectivity index (χ3v) is 3.46. The van der Waals surface area contributed by atoms with Gasteiger partial charge >= 0.3 is 0 Å². The highest BCUT2D eigenvalue weighted by Crippen LogP contribution is 2.22. The molecule has 3 rings (SSSR count). The van der Waals surface area contributed by atoms with E-state index in [1.165, 1.54) is 6.39 Å². The number of anilines is 1. The minimum Gasteiger partial charge on any atom is -0.481 e. The Kier molecular flexibility index (Phi) is 4.72. The van der Waals surface area contributed by atoms with Crippen molar-refractivity contribution in [3.05, 3.63) is 54.1 Å². The fourth-order valence-corrected chi connectivity index (χ4v) is 2.11. The highest BCUT2D eigenvalue weighted by Gasteiger charge is 2.16. The third kappa shape index (κ3) is 3.69. The van der Waals surface area contributed by atoms with Crippen LogP contribution in [0, 0.1) is 0 Å². The largest absolute Gasteiger partial charge is 0.481 e. The lowest BCUT2D eigenvalue weighted by atomic mass is 10.2. The van der Waals surface area contributed by atoms with Gasteiger partial charge in [0.05, 0.1) is 5.69 Å². The number of benzene rings is 1. The maximum absolute atomic E-state index is 12.2. The van der Waals surface area contributed by atoms with Crippen molar-refractivity contribution in [2.75, 3.05) is 5.32 Å². The van der Waals surface area contributed by atoms with E-state index < -0.39 is 6.10 Å². The van der Waals surface area contributed by atoms with E-state index in [1.807, 2.05) is 0 Å². The molecule has 2 heterocycles. The van der Waals surface area contributed by atoms with Crippen LogP contribution in [0.15, 0.2) is 53.4 Å². The molecule has 0 aliphatic rings. The minimum absolute atomic E-state index is 0.224. The molecule has 0 spiro atoms. The van der Waals surface area contributed by atoms with Crippen LogP contribution in [0.4, 0.5) is 5.69 Å². The number of ether oxygens (including phenoxy) is 1. The zero-order valence-electron chi connectivity index (χ0n) is 12.6. The Labute approximate surface area is 142 Å². The summed E-state index contributed by atoms with van der Waals surface area (Å²) in [6.45, 7) is 1.64. The van der Waals surface area contributed by atoms with E-state index in [1.54, 1.807) is 49.5 Å². The first-order valence-corrected chi connectivity index (χ1v) is 7.46. The van der Waals surface area contributed by atoms with Gasteiger partial charge in [0.25, 0.3) is 5.91 Å². The summed E-state index contributed by atoms with van der Waals surface area (Å²) in [5.41, 5.74) is 1.20. The van der Waals surface area contributed by atoms with Crippen molar-refractivity contribution in [3.63, 3.8) is 0 Å². The van der Waals surface area contributed by atoms with Crippen molar-refractivity contribution >= 4 is 23.2 Å². The summed E-state index contributed by atoms with van der Waals surface area (Å²) in [5.74, 6) is 0.627. The summed E-state index contributed by atoms with van der Waals surface area (Å²) in [5, 5.41) is 10.3. The Bertz CT molecular complexity index is 822. The van der Waals surface area contributed by atoms with E-state index in [0.29, 0.717) is 17.3 Å². The van der Waals surface area contributed by atoms with Gasteiger partial charge in [-0.1, -0.05) is 11.6 Å². The molecule has 0 unspecified atom stereocenters. The fourth-order valence-electron chi connectivity index (χ4n) is 1.95. The highest BCUT2D eigenvalue weighted by molar-refractivity contribution is 6.32. The number of nitrogens with zero attached hydrogens (tertiary/aromatic N) is 3. The standard InChI is InChI=1S/C16H13ClN4O3/c1-10(15(22)20-13-3-2-8-18-14(13)17)24-12-6-4-11(5-7-12)16-21-19-9-23-16/h2-10H,1H3,(H,20,22)/t10-/m0/s1. The Morgan fingerprint density at radius 1 is 1.29 bits per heavy atom. The second-order valence-corrected chi connectivity index (χ2v) is 5.22. The van der Waals surface area contributed by atoms with Gasteiger partial charge in [0.15, 0.2) is 11.3 Å². The Balaban J connectivity index is 1.63. The summed E-state index contributed by atoms with van der Waals surface area (Å²) in [7, 11) is 0. The number of hydrogen-bond acceptors (Lipinski definition) is 6. The van der Waals surface area contributed by atoms with Crippen molar-refractivity contribution < 1.29 is 13.9 Å². The van der Waals surface area contributed by atoms with Crippen molar-refractivity contribution in [1.82, 2.24) is 15.2 Å². The van der Waals surface area contributed by atoms with Crippen molar-refractivity contribution in [1.29, 1.82) is 0 Å². The summed E-state index contributed by atoms with van der Waals surface area (Å²) in [6.07, 6.45) is 2.09. The van der Waals surface area contributed by atoms with Gasteiger partial charge < -0.3 is 14.5 Å². The van der Waals surface area contributed by atoms with Crippen LogP contribution in [0.5, 0.6) is 5.75 Å². The lowest BCUT2D eigenvalue weighted by molar-refractivity contribution is -0.122. The molecule has 0 saturated heterocycles. The first kappa shape index (κ1) is 15.9. The molecule has 1 amide bonds. The van der Waals surface area contributed by atoms with E-state index in [9.17, 15) is 4.79 Å². The molecule has 2 aromatic heterocycles. The van der Waals surface area contributed by atoms with E-state index in [2.05, 4.69) is 20.5 Å². The molecule has 122 valence electrons. The molecule has 3 aromatic rings. The molecule has 0 aliphatic carbocycles. The Morgan fingerprint density at radius 3 is 2.75 bits per heavy atom. The smallest absolute Gasteiger partial charge is 0.265 e. The number of carbonyl (C=O) groups excluding carboxylic acids is 1. The molecular formula is C16H13ClN4O3. The van der Waals surface area contributed by atoms with Crippen LogP contribution in [-0.2, 0) is 4.79 Å². The predicted molar refractivity (Wildman–Crippen MR) is 87.7 cm³/mol. The van der Waals surface area contributed by atoms with Crippen molar-refractivity contribution in [2.45, 2.75) is 13.0 Å². The van der Waals surface area contributed by atoms with Crippen molar-refractivity contribution in [2.24, 2.45) is 0 Å². The molecule has 0 aliphatic heterocycles. The number of nitrogens with one attached hydrogen (secondary N) is 1. The van der Waals surface area contributed by atoms with Gasteiger partial charge in [0.1, 0.15) is 5.75 Å². The van der Waals surface area contributed by atoms with Gasteiger partial charge in [0, 0.05) is 11.8 Å². The van der Waals surface area contributed by atoms with Gasteiger partial charge in [-0.25, -0.2) is 4.98 Å². The van der Waals surface area contributed by atoms with Crippen LogP contribution in [-0.4, -0.2) is 27.2 Å². The number of pyridine rings is 1. The second kappa shape index (κ2) is 7.10. The monoisotopic (exact) mass is 344 g/mol. The van der Waals surface area contributed by atoms with E-state index in [-0.39, 0.29) is 11.1 Å². The SMILES string of the molecule is C[C@H](Oc1ccc(-c2nnco2)cc1)C(=O)Nc1cccnc1Cl. The highest BCUT2D eigenvalue weighted by atomic mass is 35.5. The van der Waals surface area contributed by atoms with Crippen LogP contribution < -0.4 is 10.1 Å². The normalized spacial score (nSPS) is 11.8. The van der Waals surface area contributed by atoms with E-state index in [0.717, 1.165) is 5.56 Å². The topological polar surface area (TPSA) is 90.1 Å². The first-order valence-electron chi connectivity index (χ1n) is 7.08. The molecule has 1 aromatic carbocycles. The van der Waals surface area contributed by atoms with Gasteiger partial charge in [0.2, 0.25) is 12.3 Å². The quantitative estimate of drug-likeness (QED) is 0.715. The number of halogens is 1. The zero-order chi connectivity index (χ0) is 16.9. The van der Waals surface area contributed by atoms with Crippen LogP contribution in [0.3, 0.4) is 0 Å². The number of carbonyl (C=O) groups is 1. The van der Waals surface area contributed by atoms with Gasteiger partial charge in [-0.3, -0.25) is 4.79 Å². The maximum Gasteiger partial charge on any atom is 0.265 e. The van der Waals surface area contributed by atoms with Crippen LogP contribution in [0.1, 0.15) is 6.92 Å². The summed E-state index contributed by atoms with van der Waals surface area (Å²) in [6, 6.07) is 10.3. The first-order chi connectivity index (χ1) is 11.6. The van der Waals surface area contributed by atoms with Crippen LogP contribution >= 0.6 is 11.6 Å². The lowest BCUT2D eigenvalue weighted by Gasteiger charge is -2.15. The maximum atomic E-state index is 12.2. The number of rotatable bonds is 5. The molecule has 24 heavy (non-hydrogen) atoms. The van der Waals surface area contributed by atoms with E-state index >= 15 is 0 Å². The second-order valence-electron chi connectivity index (χ2n) is 4.86. The number of amides is 1. The Hall–Kier alpha value is -2.93. The Morgan fingerprint density at radius 2 is 2.08 bits per heavy atom. The fraction of sp³-hybridized carbons (Fsp3) is 0.125. The predicted octanol–water partition coefficient (Wildman–Crippen LogP) is 3.19. The average molecular weight is 345 g/mol. The van der Waals surface area contributed by atoms with Gasteiger partial charge in [-0.2, -0.15) is 0 Å². The van der Waals surface area contributed by atoms with Crippen LogP contribution in [0.25, 0.3) is 11.5 Å². The minimum atomic E-state index is -0.712. The average Bonchev–Trinajstić information content (AvgIpc) is 3.12. The molecule has 8 heteroatoms. The molecule has 0 radical (unpaired) electrons. The van der Waals surface area contributed by atoms with Crippen LogP contribution in [0.2, 0.25) is 5.15 Å². The molecule has 1 N–H and O–H groups in total. The molecule has 0 fully saturated rings. The van der Waals surface area contributed by atoms with E-state index in [4.69, 9.17) is 20.8 Å². The summed E-state index contributed by atoms with van der Waals surface area (Å²) >= 11 is 5.91. The molecule has 0 saturated carbocycles.